The van der Waals surface area contributed by atoms with Crippen LogP contribution in [0, 0.1) is 0 Å². The van der Waals surface area contributed by atoms with E-state index < -0.39 is 0 Å². The Labute approximate surface area is 149 Å². The minimum Gasteiger partial charge on any atom is -0.497 e. The van der Waals surface area contributed by atoms with Gasteiger partial charge in [0.2, 0.25) is 0 Å². The Morgan fingerprint density at radius 1 is 1.12 bits per heavy atom. The monoisotopic (exact) mass is 355 g/mol. The number of carbonyl (C=O) groups excluding carboxylic acids is 2. The lowest BCUT2D eigenvalue weighted by Crippen LogP contribution is -2.27. The molecule has 1 aliphatic rings. The Balaban J connectivity index is 1.90. The Bertz CT molecular complexity index is 844. The standard InChI is InChI=1S/C18H13NO3S2/c1-22-15-4-2-3-14(10-15)19-17(21)16(24-18(19)23)9-12-5-7-13(11-20)8-6-12/h2-11H,1H3. The molecule has 0 N–H and O–H groups in total. The van der Waals surface area contributed by atoms with Gasteiger partial charge in [0.05, 0.1) is 17.7 Å². The first-order chi connectivity index (χ1) is 11.6. The zero-order valence-corrected chi connectivity index (χ0v) is 14.4. The maximum atomic E-state index is 12.7. The molecule has 0 aliphatic carbocycles. The van der Waals surface area contributed by atoms with Gasteiger partial charge in [-0.3, -0.25) is 14.5 Å². The van der Waals surface area contributed by atoms with Crippen molar-refractivity contribution in [2.75, 3.05) is 12.0 Å². The van der Waals surface area contributed by atoms with E-state index in [1.807, 2.05) is 18.2 Å². The molecule has 1 saturated heterocycles. The fraction of sp³-hybridized carbons (Fsp3) is 0.0556. The van der Waals surface area contributed by atoms with Crippen LogP contribution in [0.5, 0.6) is 5.75 Å². The summed E-state index contributed by atoms with van der Waals surface area (Å²) in [5.74, 6) is 0.493. The van der Waals surface area contributed by atoms with Gasteiger partial charge in [0.15, 0.2) is 4.32 Å². The topological polar surface area (TPSA) is 46.6 Å². The predicted molar refractivity (Wildman–Crippen MR) is 100 cm³/mol. The number of aldehydes is 1. The maximum Gasteiger partial charge on any atom is 0.270 e. The lowest BCUT2D eigenvalue weighted by Gasteiger charge is -2.15. The molecule has 120 valence electrons. The molecule has 6 heteroatoms. The molecule has 1 amide bonds. The first-order valence-electron chi connectivity index (χ1n) is 7.09. The van der Waals surface area contributed by atoms with Crippen molar-refractivity contribution in [2.45, 2.75) is 0 Å². The number of nitrogens with zero attached hydrogens (tertiary/aromatic N) is 1. The van der Waals surface area contributed by atoms with Gasteiger partial charge >= 0.3 is 0 Å². The number of rotatable bonds is 4. The number of thiocarbonyl (C=S) groups is 1. The quantitative estimate of drug-likeness (QED) is 0.473. The van der Waals surface area contributed by atoms with Crippen LogP contribution in [0.1, 0.15) is 15.9 Å². The fourth-order valence-corrected chi connectivity index (χ4v) is 3.56. The zero-order chi connectivity index (χ0) is 17.1. The van der Waals surface area contributed by atoms with Gasteiger partial charge in [-0.1, -0.05) is 54.3 Å². The van der Waals surface area contributed by atoms with E-state index >= 15 is 0 Å². The van der Waals surface area contributed by atoms with Crippen LogP contribution in [-0.4, -0.2) is 23.6 Å². The molecule has 2 aromatic carbocycles. The number of ether oxygens (including phenoxy) is 1. The first-order valence-corrected chi connectivity index (χ1v) is 8.32. The normalized spacial score (nSPS) is 15.9. The van der Waals surface area contributed by atoms with Crippen LogP contribution in [0.15, 0.2) is 53.4 Å². The van der Waals surface area contributed by atoms with Gasteiger partial charge in [-0.15, -0.1) is 0 Å². The molecule has 24 heavy (non-hydrogen) atoms. The Kier molecular flexibility index (Phi) is 4.78. The van der Waals surface area contributed by atoms with E-state index in [-0.39, 0.29) is 5.91 Å². The molecule has 1 fully saturated rings. The fourth-order valence-electron chi connectivity index (χ4n) is 2.26. The second-order valence-electron chi connectivity index (χ2n) is 5.00. The average molecular weight is 355 g/mol. The number of thioether (sulfide) groups is 1. The second kappa shape index (κ2) is 6.98. The van der Waals surface area contributed by atoms with E-state index in [1.54, 1.807) is 43.5 Å². The maximum absolute atomic E-state index is 12.7. The first kappa shape index (κ1) is 16.4. The molecule has 0 saturated carbocycles. The van der Waals surface area contributed by atoms with Gasteiger partial charge < -0.3 is 4.74 Å². The van der Waals surface area contributed by atoms with Crippen molar-refractivity contribution in [1.29, 1.82) is 0 Å². The minimum absolute atomic E-state index is 0.169. The summed E-state index contributed by atoms with van der Waals surface area (Å²) in [6, 6.07) is 14.2. The lowest BCUT2D eigenvalue weighted by atomic mass is 10.1. The van der Waals surface area contributed by atoms with E-state index in [0.717, 1.165) is 11.8 Å². The highest BCUT2D eigenvalue weighted by molar-refractivity contribution is 8.27. The highest BCUT2D eigenvalue weighted by Gasteiger charge is 2.33. The SMILES string of the molecule is COc1cccc(N2C(=O)C(=Cc3ccc(C=O)cc3)SC2=S)c1. The molecule has 0 radical (unpaired) electrons. The van der Waals surface area contributed by atoms with Crippen LogP contribution >= 0.6 is 24.0 Å². The van der Waals surface area contributed by atoms with Gasteiger partial charge in [0.25, 0.3) is 5.91 Å². The van der Waals surface area contributed by atoms with Crippen molar-refractivity contribution in [1.82, 2.24) is 0 Å². The largest absolute Gasteiger partial charge is 0.497 e. The number of methoxy groups -OCH3 is 1. The minimum atomic E-state index is -0.169. The Morgan fingerprint density at radius 3 is 2.50 bits per heavy atom. The van der Waals surface area contributed by atoms with E-state index in [4.69, 9.17) is 17.0 Å². The number of benzene rings is 2. The van der Waals surface area contributed by atoms with Gasteiger partial charge in [-0.25, -0.2) is 0 Å². The van der Waals surface area contributed by atoms with Crippen LogP contribution in [-0.2, 0) is 4.79 Å². The summed E-state index contributed by atoms with van der Waals surface area (Å²) in [7, 11) is 1.58. The molecule has 2 aromatic rings. The van der Waals surface area contributed by atoms with Crippen molar-refractivity contribution < 1.29 is 14.3 Å². The lowest BCUT2D eigenvalue weighted by molar-refractivity contribution is -0.113. The number of hydrogen-bond acceptors (Lipinski definition) is 5. The average Bonchev–Trinajstić information content (AvgIpc) is 2.89. The Morgan fingerprint density at radius 2 is 1.83 bits per heavy atom. The third-order valence-electron chi connectivity index (χ3n) is 3.48. The van der Waals surface area contributed by atoms with Crippen molar-refractivity contribution >= 4 is 52.3 Å². The van der Waals surface area contributed by atoms with E-state index in [2.05, 4.69) is 0 Å². The zero-order valence-electron chi connectivity index (χ0n) is 12.8. The molecule has 0 atom stereocenters. The van der Waals surface area contributed by atoms with E-state index in [9.17, 15) is 9.59 Å². The van der Waals surface area contributed by atoms with Crippen molar-refractivity contribution in [3.05, 3.63) is 64.6 Å². The summed E-state index contributed by atoms with van der Waals surface area (Å²) in [5, 5.41) is 0. The second-order valence-corrected chi connectivity index (χ2v) is 6.68. The summed E-state index contributed by atoms with van der Waals surface area (Å²) in [4.78, 5) is 25.4. The molecule has 0 spiro atoms. The van der Waals surface area contributed by atoms with Crippen molar-refractivity contribution in [3.8, 4) is 5.75 Å². The number of carbonyl (C=O) groups is 2. The highest BCUT2D eigenvalue weighted by atomic mass is 32.2. The predicted octanol–water partition coefficient (Wildman–Crippen LogP) is 3.91. The van der Waals surface area contributed by atoms with Crippen LogP contribution in [0.3, 0.4) is 0 Å². The van der Waals surface area contributed by atoms with Gasteiger partial charge in [0.1, 0.15) is 12.0 Å². The molecule has 4 nitrogen and oxygen atoms in total. The molecule has 1 heterocycles. The van der Waals surface area contributed by atoms with Gasteiger partial charge in [-0.05, 0) is 23.8 Å². The van der Waals surface area contributed by atoms with Gasteiger partial charge in [0, 0.05) is 11.6 Å². The Hall–Kier alpha value is -2.44. The molecule has 0 bridgehead atoms. The van der Waals surface area contributed by atoms with E-state index in [0.29, 0.717) is 26.2 Å². The summed E-state index contributed by atoms with van der Waals surface area (Å²) >= 11 is 6.61. The molecular formula is C18H13NO3S2. The number of amides is 1. The van der Waals surface area contributed by atoms with Crippen molar-refractivity contribution in [2.24, 2.45) is 0 Å². The molecule has 1 aliphatic heterocycles. The molecule has 3 rings (SSSR count). The molecular weight excluding hydrogens is 342 g/mol. The summed E-state index contributed by atoms with van der Waals surface area (Å²) < 4.78 is 5.67. The van der Waals surface area contributed by atoms with Crippen molar-refractivity contribution in [3.63, 3.8) is 0 Å². The summed E-state index contributed by atoms with van der Waals surface area (Å²) in [6.07, 6.45) is 2.56. The smallest absolute Gasteiger partial charge is 0.270 e. The molecule has 0 unspecified atom stereocenters. The molecule has 0 aromatic heterocycles. The number of hydrogen-bond donors (Lipinski definition) is 0. The van der Waals surface area contributed by atoms with Crippen LogP contribution in [0.2, 0.25) is 0 Å². The third-order valence-corrected chi connectivity index (χ3v) is 4.78. The summed E-state index contributed by atoms with van der Waals surface area (Å²) in [6.45, 7) is 0. The van der Waals surface area contributed by atoms with E-state index in [1.165, 1.54) is 16.7 Å². The third kappa shape index (κ3) is 3.25. The van der Waals surface area contributed by atoms with Crippen LogP contribution in [0.25, 0.3) is 6.08 Å². The highest BCUT2D eigenvalue weighted by Crippen LogP contribution is 2.36. The van der Waals surface area contributed by atoms with Crippen LogP contribution < -0.4 is 9.64 Å². The number of anilines is 1. The summed E-state index contributed by atoms with van der Waals surface area (Å²) in [5.41, 5.74) is 2.11. The van der Waals surface area contributed by atoms with Gasteiger partial charge in [-0.2, -0.15) is 0 Å². The van der Waals surface area contributed by atoms with Crippen LogP contribution in [0.4, 0.5) is 5.69 Å².